The highest BCUT2D eigenvalue weighted by atomic mass is 19.4. The van der Waals surface area contributed by atoms with E-state index in [-0.39, 0.29) is 37.8 Å². The molecule has 4 nitrogen and oxygen atoms in total. The minimum Gasteiger partial charge on any atom is -0.386 e. The maximum absolute atomic E-state index is 12.6. The Morgan fingerprint density at radius 3 is 2.24 bits per heavy atom. The summed E-state index contributed by atoms with van der Waals surface area (Å²) < 4.78 is 37.7. The van der Waals surface area contributed by atoms with Crippen molar-refractivity contribution in [1.29, 1.82) is 5.41 Å². The molecule has 1 fully saturated rings. The molecular formula is C10H18F3N3O. The summed E-state index contributed by atoms with van der Waals surface area (Å²) in [5.41, 5.74) is 2.80. The Kier molecular flexibility index (Phi) is 4.03. The Morgan fingerprint density at radius 2 is 1.94 bits per heavy atom. The fourth-order valence-electron chi connectivity index (χ4n) is 2.16. The van der Waals surface area contributed by atoms with Gasteiger partial charge in [-0.15, -0.1) is 0 Å². The first-order valence-corrected chi connectivity index (χ1v) is 5.58. The summed E-state index contributed by atoms with van der Waals surface area (Å²) in [6, 6.07) is -0.326. The van der Waals surface area contributed by atoms with Crippen LogP contribution in [0.3, 0.4) is 0 Å². The number of piperidine rings is 1. The highest BCUT2D eigenvalue weighted by Crippen LogP contribution is 2.38. The minimum absolute atomic E-state index is 0.0371. The normalized spacial score (nSPS) is 23.4. The van der Waals surface area contributed by atoms with Crippen LogP contribution in [0.5, 0.6) is 0 Å². The van der Waals surface area contributed by atoms with E-state index in [1.165, 1.54) is 0 Å². The molecule has 1 heterocycles. The van der Waals surface area contributed by atoms with Crippen molar-refractivity contribution in [2.24, 2.45) is 5.73 Å². The highest BCUT2D eigenvalue weighted by molar-refractivity contribution is 5.82. The molecular weight excluding hydrogens is 235 g/mol. The van der Waals surface area contributed by atoms with Crippen LogP contribution in [0, 0.1) is 5.41 Å². The van der Waals surface area contributed by atoms with Gasteiger partial charge in [0.2, 0.25) is 0 Å². The third-order valence-corrected chi connectivity index (χ3v) is 3.34. The van der Waals surface area contributed by atoms with Gasteiger partial charge in [0.05, 0.1) is 6.04 Å². The lowest BCUT2D eigenvalue weighted by Gasteiger charge is -2.41. The van der Waals surface area contributed by atoms with Crippen molar-refractivity contribution in [2.45, 2.75) is 44.0 Å². The number of likely N-dealkylation sites (tertiary alicyclic amines) is 1. The molecule has 17 heavy (non-hydrogen) atoms. The van der Waals surface area contributed by atoms with Gasteiger partial charge in [-0.25, -0.2) is 0 Å². The zero-order valence-corrected chi connectivity index (χ0v) is 9.72. The van der Waals surface area contributed by atoms with Crippen molar-refractivity contribution in [1.82, 2.24) is 4.90 Å². The summed E-state index contributed by atoms with van der Waals surface area (Å²) in [4.78, 5) is 1.72. The Hall–Kier alpha value is -0.820. The standard InChI is InChI=1S/C10H18F3N3O/c1-2-7(8(14)15)16-5-3-9(17,4-6-16)10(11,12)13/h7,17H,2-6H2,1H3,(H3,14,15). The molecule has 0 spiro atoms. The third-order valence-electron chi connectivity index (χ3n) is 3.34. The second kappa shape index (κ2) is 4.81. The van der Waals surface area contributed by atoms with Crippen LogP contribution in [-0.2, 0) is 0 Å². The fraction of sp³-hybridized carbons (Fsp3) is 0.900. The molecule has 0 bridgehead atoms. The molecule has 0 aromatic heterocycles. The van der Waals surface area contributed by atoms with Crippen molar-refractivity contribution in [3.63, 3.8) is 0 Å². The van der Waals surface area contributed by atoms with Crippen molar-refractivity contribution >= 4 is 5.84 Å². The first-order valence-electron chi connectivity index (χ1n) is 5.58. The fourth-order valence-corrected chi connectivity index (χ4v) is 2.16. The SMILES string of the molecule is CCC(C(=N)N)N1CCC(O)(C(F)(F)F)CC1. The Bertz CT molecular complexity index is 285. The maximum Gasteiger partial charge on any atom is 0.417 e. The number of nitrogens with two attached hydrogens (primary N) is 1. The number of aliphatic hydroxyl groups is 1. The number of nitrogens with zero attached hydrogens (tertiary/aromatic N) is 1. The number of halogens is 3. The number of alkyl halides is 3. The van der Waals surface area contributed by atoms with E-state index in [0.717, 1.165) is 0 Å². The van der Waals surface area contributed by atoms with Gasteiger partial charge in [0.1, 0.15) is 5.84 Å². The molecule has 0 saturated carbocycles. The number of hydrogen-bond donors (Lipinski definition) is 3. The van der Waals surface area contributed by atoms with E-state index in [4.69, 9.17) is 11.1 Å². The third kappa shape index (κ3) is 2.90. The van der Waals surface area contributed by atoms with Crippen LogP contribution >= 0.6 is 0 Å². The van der Waals surface area contributed by atoms with Gasteiger partial charge in [0, 0.05) is 13.1 Å². The molecule has 7 heteroatoms. The van der Waals surface area contributed by atoms with E-state index in [0.29, 0.717) is 6.42 Å². The number of amidine groups is 1. The summed E-state index contributed by atoms with van der Waals surface area (Å²) in [6.45, 7) is 2.04. The van der Waals surface area contributed by atoms with Crippen LogP contribution < -0.4 is 5.73 Å². The first kappa shape index (κ1) is 14.2. The molecule has 0 aromatic carbocycles. The van der Waals surface area contributed by atoms with Gasteiger partial charge < -0.3 is 10.8 Å². The second-order valence-electron chi connectivity index (χ2n) is 4.44. The predicted octanol–water partition coefficient (Wildman–Crippen LogP) is 1.09. The van der Waals surface area contributed by atoms with Gasteiger partial charge in [-0.3, -0.25) is 10.3 Å². The highest BCUT2D eigenvalue weighted by Gasteiger charge is 2.54. The van der Waals surface area contributed by atoms with E-state index >= 15 is 0 Å². The van der Waals surface area contributed by atoms with Crippen LogP contribution in [-0.4, -0.2) is 46.8 Å². The molecule has 4 N–H and O–H groups in total. The molecule has 100 valence electrons. The summed E-state index contributed by atoms with van der Waals surface area (Å²) in [7, 11) is 0. The Morgan fingerprint density at radius 1 is 1.47 bits per heavy atom. The van der Waals surface area contributed by atoms with Gasteiger partial charge in [-0.05, 0) is 19.3 Å². The number of rotatable bonds is 3. The van der Waals surface area contributed by atoms with E-state index < -0.39 is 11.8 Å². The number of nitrogens with one attached hydrogen (secondary N) is 1. The molecule has 1 rings (SSSR count). The summed E-state index contributed by atoms with van der Waals surface area (Å²) in [5, 5.41) is 16.8. The lowest BCUT2D eigenvalue weighted by atomic mass is 9.89. The van der Waals surface area contributed by atoms with E-state index in [2.05, 4.69) is 0 Å². The average Bonchev–Trinajstić information content (AvgIpc) is 2.20. The largest absolute Gasteiger partial charge is 0.417 e. The smallest absolute Gasteiger partial charge is 0.386 e. The molecule has 1 unspecified atom stereocenters. The Balaban J connectivity index is 2.65. The summed E-state index contributed by atoms with van der Waals surface area (Å²) >= 11 is 0. The molecule has 1 aliphatic rings. The molecule has 0 aliphatic carbocycles. The van der Waals surface area contributed by atoms with Crippen molar-refractivity contribution in [3.8, 4) is 0 Å². The van der Waals surface area contributed by atoms with Gasteiger partial charge in [-0.2, -0.15) is 13.2 Å². The van der Waals surface area contributed by atoms with E-state index in [1.807, 2.05) is 6.92 Å². The zero-order valence-electron chi connectivity index (χ0n) is 9.72. The summed E-state index contributed by atoms with van der Waals surface area (Å²) in [5.74, 6) is -0.0371. The molecule has 0 aromatic rings. The molecule has 0 amide bonds. The van der Waals surface area contributed by atoms with Crippen LogP contribution in [0.15, 0.2) is 0 Å². The topological polar surface area (TPSA) is 73.3 Å². The maximum atomic E-state index is 12.6. The Labute approximate surface area is 98.1 Å². The molecule has 1 atom stereocenters. The van der Waals surface area contributed by atoms with Crippen molar-refractivity contribution in [3.05, 3.63) is 0 Å². The summed E-state index contributed by atoms with van der Waals surface area (Å²) in [6.07, 6.45) is -4.72. The van der Waals surface area contributed by atoms with Crippen LogP contribution in [0.2, 0.25) is 0 Å². The van der Waals surface area contributed by atoms with Gasteiger partial charge in [0.25, 0.3) is 0 Å². The van der Waals surface area contributed by atoms with Crippen molar-refractivity contribution < 1.29 is 18.3 Å². The average molecular weight is 253 g/mol. The van der Waals surface area contributed by atoms with Crippen molar-refractivity contribution in [2.75, 3.05) is 13.1 Å². The molecule has 0 radical (unpaired) electrons. The minimum atomic E-state index is -4.59. The van der Waals surface area contributed by atoms with Gasteiger partial charge >= 0.3 is 6.18 Å². The molecule has 1 saturated heterocycles. The zero-order chi connectivity index (χ0) is 13.3. The molecule has 1 aliphatic heterocycles. The number of hydrogen-bond acceptors (Lipinski definition) is 3. The second-order valence-corrected chi connectivity index (χ2v) is 4.44. The van der Waals surface area contributed by atoms with E-state index in [9.17, 15) is 18.3 Å². The quantitative estimate of drug-likeness (QED) is 0.520. The monoisotopic (exact) mass is 253 g/mol. The van der Waals surface area contributed by atoms with Crippen LogP contribution in [0.4, 0.5) is 13.2 Å². The van der Waals surface area contributed by atoms with Gasteiger partial charge in [-0.1, -0.05) is 6.92 Å². The lowest BCUT2D eigenvalue weighted by Crippen LogP contribution is -2.56. The predicted molar refractivity (Wildman–Crippen MR) is 57.8 cm³/mol. The van der Waals surface area contributed by atoms with E-state index in [1.54, 1.807) is 4.90 Å². The lowest BCUT2D eigenvalue weighted by molar-refractivity contribution is -0.273. The van der Waals surface area contributed by atoms with Gasteiger partial charge in [0.15, 0.2) is 5.60 Å². The van der Waals surface area contributed by atoms with Crippen LogP contribution in [0.1, 0.15) is 26.2 Å². The first-order chi connectivity index (χ1) is 7.71. The van der Waals surface area contributed by atoms with Crippen LogP contribution in [0.25, 0.3) is 0 Å².